The van der Waals surface area contributed by atoms with Crippen LogP contribution in [0.4, 0.5) is 5.69 Å². The molecule has 0 fully saturated rings. The number of Topliss-reactive ketones (excluding diaryl/α,β-unsaturated/α-hetero) is 1. The number of carboxylic acid groups (broad SMARTS) is 1. The van der Waals surface area contributed by atoms with Gasteiger partial charge in [0.15, 0.2) is 18.7 Å². The summed E-state index contributed by atoms with van der Waals surface area (Å²) in [6, 6.07) is 23.8. The van der Waals surface area contributed by atoms with Crippen LogP contribution in [0.1, 0.15) is 17.3 Å². The lowest BCUT2D eigenvalue weighted by atomic mass is 10.1. The fourth-order valence-electron chi connectivity index (χ4n) is 3.01. The molecule has 2 N–H and O–H groups in total. The molecular weight excluding hydrogens is 373 g/mol. The van der Waals surface area contributed by atoms with E-state index in [1.807, 2.05) is 0 Å². The van der Waals surface area contributed by atoms with Crippen molar-refractivity contribution >= 4 is 35.2 Å². The van der Waals surface area contributed by atoms with Crippen molar-refractivity contribution in [2.24, 2.45) is 0 Å². The Kier molecular flexibility index (Phi) is 5.76. The Bertz CT molecular complexity index is 974. The molecule has 0 saturated heterocycles. The summed E-state index contributed by atoms with van der Waals surface area (Å²) in [6.07, 6.45) is 0. The number of nitrogens with one attached hydrogen (secondary N) is 1. The van der Waals surface area contributed by atoms with Gasteiger partial charge in [-0.3, -0.25) is 4.79 Å². The predicted molar refractivity (Wildman–Crippen MR) is 111 cm³/mol. The molecule has 0 aliphatic rings. The summed E-state index contributed by atoms with van der Waals surface area (Å²) in [7, 11) is -3.56. The van der Waals surface area contributed by atoms with E-state index in [2.05, 4.69) is 5.32 Å². The van der Waals surface area contributed by atoms with Crippen molar-refractivity contribution in [1.29, 1.82) is 0 Å². The fourth-order valence-corrected chi connectivity index (χ4v) is 5.78. The van der Waals surface area contributed by atoms with Gasteiger partial charge in [0.25, 0.3) is 0 Å². The molecule has 0 spiro atoms. The Morgan fingerprint density at radius 1 is 0.821 bits per heavy atom. The topological polar surface area (TPSA) is 83.5 Å². The average molecular weight is 393 g/mol. The van der Waals surface area contributed by atoms with Crippen molar-refractivity contribution < 1.29 is 19.3 Å². The van der Waals surface area contributed by atoms with Crippen LogP contribution in [0.3, 0.4) is 0 Å². The molecule has 0 bridgehead atoms. The minimum absolute atomic E-state index is 0.0828. The van der Waals surface area contributed by atoms with Crippen LogP contribution in [0.5, 0.6) is 0 Å². The largest absolute Gasteiger partial charge is 0.479 e. The molecule has 5 nitrogen and oxygen atoms in total. The standard InChI is InChI=1S/C22H20NO4P/c1-16(24)17-12-14-18(15-13-17)23-21(22(25)26)28(27,19-8-4-2-5-9-19)20-10-6-3-7-11-20/h2-15,21,23H,1H3,(H,25,26). The Hall–Kier alpha value is -3.17. The predicted octanol–water partition coefficient (Wildman–Crippen LogP) is 3.73. The molecule has 0 radical (unpaired) electrons. The van der Waals surface area contributed by atoms with Gasteiger partial charge >= 0.3 is 5.97 Å². The van der Waals surface area contributed by atoms with Crippen LogP contribution in [0.25, 0.3) is 0 Å². The molecule has 0 heterocycles. The van der Waals surface area contributed by atoms with Crippen molar-refractivity contribution in [3.8, 4) is 0 Å². The summed E-state index contributed by atoms with van der Waals surface area (Å²) in [5.41, 5.74) is 0.996. The molecule has 28 heavy (non-hydrogen) atoms. The van der Waals surface area contributed by atoms with Crippen LogP contribution in [0.15, 0.2) is 84.9 Å². The van der Waals surface area contributed by atoms with Gasteiger partial charge in [0.1, 0.15) is 0 Å². The van der Waals surface area contributed by atoms with Crippen LogP contribution in [0.2, 0.25) is 0 Å². The van der Waals surface area contributed by atoms with Crippen molar-refractivity contribution in [3.63, 3.8) is 0 Å². The number of carbonyl (C=O) groups excluding carboxylic acids is 1. The Balaban J connectivity index is 2.09. The number of carboxylic acids is 1. The number of carbonyl (C=O) groups is 2. The third kappa shape index (κ3) is 3.90. The third-order valence-corrected chi connectivity index (χ3v) is 7.68. The molecule has 0 saturated carbocycles. The second-order valence-corrected chi connectivity index (χ2v) is 9.21. The molecule has 0 aliphatic heterocycles. The Morgan fingerprint density at radius 3 is 1.68 bits per heavy atom. The first-order valence-electron chi connectivity index (χ1n) is 8.74. The Labute approximate surface area is 163 Å². The number of hydrogen-bond acceptors (Lipinski definition) is 4. The van der Waals surface area contributed by atoms with E-state index in [4.69, 9.17) is 0 Å². The van der Waals surface area contributed by atoms with Gasteiger partial charge in [0, 0.05) is 21.9 Å². The van der Waals surface area contributed by atoms with E-state index in [0.29, 0.717) is 21.9 Å². The normalized spacial score (nSPS) is 12.2. The Morgan fingerprint density at radius 2 is 1.29 bits per heavy atom. The van der Waals surface area contributed by atoms with Crippen LogP contribution in [-0.2, 0) is 9.36 Å². The third-order valence-electron chi connectivity index (χ3n) is 4.47. The van der Waals surface area contributed by atoms with Crippen molar-refractivity contribution in [2.45, 2.75) is 12.7 Å². The molecule has 1 atom stereocenters. The van der Waals surface area contributed by atoms with Crippen molar-refractivity contribution in [2.75, 3.05) is 5.32 Å². The first kappa shape index (κ1) is 19.6. The molecule has 3 rings (SSSR count). The van der Waals surface area contributed by atoms with E-state index in [0.717, 1.165) is 0 Å². The number of ketones is 1. The number of rotatable bonds is 7. The number of anilines is 1. The molecule has 0 amide bonds. The summed E-state index contributed by atoms with van der Waals surface area (Å²) in [5.74, 6) is -2.66. The molecule has 142 valence electrons. The van der Waals surface area contributed by atoms with E-state index >= 15 is 0 Å². The number of benzene rings is 3. The van der Waals surface area contributed by atoms with Gasteiger partial charge in [0.05, 0.1) is 0 Å². The SMILES string of the molecule is CC(=O)c1ccc(NC(C(=O)O)P(=O)(c2ccccc2)c2ccccc2)cc1. The lowest BCUT2D eigenvalue weighted by Crippen LogP contribution is -2.37. The van der Waals surface area contributed by atoms with Gasteiger partial charge in [-0.2, -0.15) is 0 Å². The monoisotopic (exact) mass is 393 g/mol. The molecular formula is C22H20NO4P. The van der Waals surface area contributed by atoms with Gasteiger partial charge < -0.3 is 15.0 Å². The zero-order chi connectivity index (χ0) is 20.1. The summed E-state index contributed by atoms with van der Waals surface area (Å²) >= 11 is 0. The number of hydrogen-bond donors (Lipinski definition) is 2. The highest BCUT2D eigenvalue weighted by Gasteiger charge is 2.41. The van der Waals surface area contributed by atoms with Gasteiger partial charge in [-0.25, -0.2) is 4.79 Å². The van der Waals surface area contributed by atoms with Crippen molar-refractivity contribution in [1.82, 2.24) is 0 Å². The van der Waals surface area contributed by atoms with E-state index < -0.39 is 18.9 Å². The van der Waals surface area contributed by atoms with Crippen LogP contribution in [0, 0.1) is 0 Å². The number of aliphatic carboxylic acids is 1. The summed E-state index contributed by atoms with van der Waals surface area (Å²) < 4.78 is 14.2. The van der Waals surface area contributed by atoms with Gasteiger partial charge in [-0.1, -0.05) is 60.7 Å². The molecule has 6 heteroatoms. The smallest absolute Gasteiger partial charge is 0.334 e. The second-order valence-electron chi connectivity index (χ2n) is 6.35. The molecule has 0 aliphatic carbocycles. The maximum absolute atomic E-state index is 14.2. The van der Waals surface area contributed by atoms with Gasteiger partial charge in [-0.15, -0.1) is 0 Å². The molecule has 3 aromatic rings. The minimum atomic E-state index is -3.56. The molecule has 3 aromatic carbocycles. The van der Waals surface area contributed by atoms with Crippen LogP contribution in [-0.4, -0.2) is 22.6 Å². The molecule has 0 aromatic heterocycles. The summed E-state index contributed by atoms with van der Waals surface area (Å²) in [5, 5.41) is 13.8. The lowest BCUT2D eigenvalue weighted by molar-refractivity contribution is -0.136. The van der Waals surface area contributed by atoms with E-state index in [1.165, 1.54) is 6.92 Å². The quantitative estimate of drug-likeness (QED) is 0.472. The first-order valence-corrected chi connectivity index (χ1v) is 10.5. The van der Waals surface area contributed by atoms with Gasteiger partial charge in [0.2, 0.25) is 0 Å². The van der Waals surface area contributed by atoms with Crippen LogP contribution < -0.4 is 15.9 Å². The first-order chi connectivity index (χ1) is 13.4. The van der Waals surface area contributed by atoms with E-state index in [1.54, 1.807) is 84.9 Å². The zero-order valence-corrected chi connectivity index (χ0v) is 16.2. The zero-order valence-electron chi connectivity index (χ0n) is 15.3. The van der Waals surface area contributed by atoms with E-state index in [9.17, 15) is 19.3 Å². The van der Waals surface area contributed by atoms with E-state index in [-0.39, 0.29) is 5.78 Å². The fraction of sp³-hybridized carbons (Fsp3) is 0.0909. The van der Waals surface area contributed by atoms with Gasteiger partial charge in [-0.05, 0) is 31.2 Å². The molecule has 1 unspecified atom stereocenters. The minimum Gasteiger partial charge on any atom is -0.479 e. The summed E-state index contributed by atoms with van der Waals surface area (Å²) in [4.78, 5) is 23.6. The highest BCUT2D eigenvalue weighted by Crippen LogP contribution is 2.48. The lowest BCUT2D eigenvalue weighted by Gasteiger charge is -2.27. The highest BCUT2D eigenvalue weighted by molar-refractivity contribution is 7.80. The summed E-state index contributed by atoms with van der Waals surface area (Å²) in [6.45, 7) is 1.46. The average Bonchev–Trinajstić information content (AvgIpc) is 2.73. The second kappa shape index (κ2) is 8.24. The van der Waals surface area contributed by atoms with Crippen molar-refractivity contribution in [3.05, 3.63) is 90.5 Å². The maximum Gasteiger partial charge on any atom is 0.334 e. The van der Waals surface area contributed by atoms with Crippen LogP contribution >= 0.6 is 7.14 Å². The highest BCUT2D eigenvalue weighted by atomic mass is 31.2. The maximum atomic E-state index is 14.2.